The van der Waals surface area contributed by atoms with E-state index in [0.717, 1.165) is 41.0 Å². The lowest BCUT2D eigenvalue weighted by Crippen LogP contribution is -2.61. The molecule has 2 fully saturated rings. The van der Waals surface area contributed by atoms with Crippen LogP contribution in [-0.2, 0) is 134 Å². The Morgan fingerprint density at radius 2 is 1.39 bits per heavy atom. The molecule has 0 aliphatic carbocycles. The van der Waals surface area contributed by atoms with Crippen LogP contribution in [0.3, 0.4) is 0 Å². The van der Waals surface area contributed by atoms with Gasteiger partial charge in [-0.25, -0.2) is 9.78 Å². The maximum Gasteiger partial charge on any atom is 0.343 e. The standard InChI is InChI=1S/C85H123N19O26S/c1-7-53-54-39-52(21-22-58(54)94-73-55(53)44-104-65(73)40-57-56(83(104)123)45-129-84(124)85(57,125)8-2)130-71(113)20-10-12-29-102-43-51(100-101-102)16-13-19-66(107)88-28-15-31-126-32-33-127-34-35-128-36-37-131-46-90-67(108)24-25-68(109)93-63-42-89-69(110)41-61(74(87)114)97-78(118)62(38-47(3)105)98-75(115)48(4)91-81(121)72(50(6)106)99-77(117)60(23-26-70(111)112)96-80(120)64-18-14-30-103(64)82(122)49(5)92-76(116)59(95-79(63)119)17-9-11-27-86/h21-22,39-40,43,47-50,59-64,72,105-106,125H,7-20,23-38,41-42,44-46,86H2,1-6H3,(H2,87,114)(H,88,107)(H,89,110)(H,90,108)(H,91,121)(H,92,116)(H,93,109)(H,95,119)(H,96,120)(H,97,118)(H,98,115)(H,99,117)(H,111,112)/t47?,48?,49?,50?,59?,60?,61?,62?,63?,64?,72?,85-/m0/s1. The molecule has 46 heteroatoms. The highest BCUT2D eigenvalue weighted by atomic mass is 32.2. The van der Waals surface area contributed by atoms with Crippen LogP contribution in [0.4, 0.5) is 0 Å². The minimum atomic E-state index is -1.94. The van der Waals surface area contributed by atoms with Gasteiger partial charge in [-0.1, -0.05) is 19.1 Å². The zero-order chi connectivity index (χ0) is 95.6. The number of thioether (sulfide) groups is 1. The van der Waals surface area contributed by atoms with Gasteiger partial charge in [-0.2, -0.15) is 0 Å². The molecular formula is C85H123N19O26S. The van der Waals surface area contributed by atoms with Crippen molar-refractivity contribution in [2.45, 2.75) is 262 Å². The number of carbonyl (C=O) groups is 16. The largest absolute Gasteiger partial charge is 0.481 e. The van der Waals surface area contributed by atoms with E-state index in [-0.39, 0.29) is 113 Å². The van der Waals surface area contributed by atoms with Crippen molar-refractivity contribution < 1.29 is 121 Å². The number of fused-ring (bicyclic) bond motifs is 6. The molecule has 7 heterocycles. The molecule has 19 N–H and O–H groups in total. The Balaban J connectivity index is 0.706. The lowest BCUT2D eigenvalue weighted by atomic mass is 9.86. The molecule has 8 rings (SSSR count). The molecule has 13 amide bonds. The molecule has 0 bridgehead atoms. The molecule has 1 aromatic carbocycles. The van der Waals surface area contributed by atoms with Crippen molar-refractivity contribution in [1.82, 2.24) is 87.9 Å². The maximum atomic E-state index is 14.4. The van der Waals surface area contributed by atoms with Gasteiger partial charge < -0.3 is 124 Å². The summed E-state index contributed by atoms with van der Waals surface area (Å²) in [5.41, 5.74) is 13.8. The average Bonchev–Trinajstić information content (AvgIpc) is 1.59. The third-order valence-corrected chi connectivity index (χ3v) is 23.1. The van der Waals surface area contributed by atoms with E-state index in [1.807, 2.05) is 13.1 Å². The number of nitrogens with zero attached hydrogens (tertiary/aromatic N) is 6. The van der Waals surface area contributed by atoms with Crippen molar-refractivity contribution >= 4 is 117 Å². The Morgan fingerprint density at radius 3 is 2.09 bits per heavy atom. The second kappa shape index (κ2) is 51.8. The number of aromatic nitrogens is 5. The number of nitrogens with one attached hydrogen (secondary N) is 11. The number of aryl methyl sites for hydroxylation is 3. The van der Waals surface area contributed by atoms with Crippen molar-refractivity contribution in [1.29, 1.82) is 0 Å². The fourth-order valence-electron chi connectivity index (χ4n) is 15.1. The van der Waals surface area contributed by atoms with Crippen LogP contribution in [-0.4, -0.2) is 289 Å². The lowest BCUT2D eigenvalue weighted by molar-refractivity contribution is -0.172. The van der Waals surface area contributed by atoms with Crippen molar-refractivity contribution in [2.24, 2.45) is 11.5 Å². The summed E-state index contributed by atoms with van der Waals surface area (Å²) in [5.74, 6) is -13.8. The smallest absolute Gasteiger partial charge is 0.343 e. The monoisotopic (exact) mass is 1860 g/mol. The lowest BCUT2D eigenvalue weighted by Gasteiger charge is -2.31. The fraction of sp³-hybridized carbons (Fsp3) is 0.624. The predicted octanol–water partition coefficient (Wildman–Crippen LogP) is -3.46. The number of unbranched alkanes of at least 4 members (excludes halogenated alkanes) is 2. The number of hydrogen-bond acceptors (Lipinski definition) is 30. The third-order valence-electron chi connectivity index (χ3n) is 22.3. The number of benzene rings is 1. The molecule has 45 nitrogen and oxygen atoms in total. The molecule has 12 atom stereocenters. The molecule has 0 spiro atoms. The van der Waals surface area contributed by atoms with Gasteiger partial charge in [0.25, 0.3) is 5.56 Å². The van der Waals surface area contributed by atoms with Crippen molar-refractivity contribution in [2.75, 3.05) is 77.4 Å². The zero-order valence-electron chi connectivity index (χ0n) is 74.5. The molecule has 4 aliphatic rings. The Kier molecular flexibility index (Phi) is 41.4. The Morgan fingerprint density at radius 1 is 0.710 bits per heavy atom. The first-order valence-corrected chi connectivity index (χ1v) is 45.3. The first-order chi connectivity index (χ1) is 62.5. The number of primary amides is 1. The van der Waals surface area contributed by atoms with Crippen LogP contribution in [0.5, 0.6) is 5.75 Å². The zero-order valence-corrected chi connectivity index (χ0v) is 75.3. The topological polar surface area (TPSA) is 653 Å². The van der Waals surface area contributed by atoms with E-state index in [1.165, 1.54) is 25.6 Å². The van der Waals surface area contributed by atoms with Crippen molar-refractivity contribution in [3.63, 3.8) is 0 Å². The van der Waals surface area contributed by atoms with E-state index in [1.54, 1.807) is 40.4 Å². The Labute approximate surface area is 759 Å². The number of aliphatic carboxylic acids is 1. The second-order valence-electron chi connectivity index (χ2n) is 32.5. The van der Waals surface area contributed by atoms with E-state index in [9.17, 15) is 102 Å². The highest BCUT2D eigenvalue weighted by Gasteiger charge is 2.47. The Hall–Kier alpha value is -11.7. The summed E-state index contributed by atoms with van der Waals surface area (Å²) in [7, 11) is 0. The third kappa shape index (κ3) is 31.2. The van der Waals surface area contributed by atoms with Crippen LogP contribution in [0.2, 0.25) is 0 Å². The van der Waals surface area contributed by atoms with E-state index in [2.05, 4.69) is 68.8 Å². The summed E-state index contributed by atoms with van der Waals surface area (Å²) in [5, 5.41) is 78.1. The summed E-state index contributed by atoms with van der Waals surface area (Å²) in [4.78, 5) is 235. The first kappa shape index (κ1) is 105. The molecule has 2 saturated heterocycles. The normalized spacial score (nSPS) is 21.9. The number of pyridine rings is 2. The summed E-state index contributed by atoms with van der Waals surface area (Å²) in [6.45, 7) is 10.7. The van der Waals surface area contributed by atoms with Crippen LogP contribution < -0.4 is 80.2 Å². The fourth-order valence-corrected chi connectivity index (χ4v) is 15.7. The van der Waals surface area contributed by atoms with Gasteiger partial charge in [-0.3, -0.25) is 81.4 Å². The number of carboxylic acids is 1. The van der Waals surface area contributed by atoms with Crippen LogP contribution in [0.25, 0.3) is 22.3 Å². The van der Waals surface area contributed by atoms with Gasteiger partial charge in [0.15, 0.2) is 5.60 Å². The van der Waals surface area contributed by atoms with E-state index >= 15 is 0 Å². The van der Waals surface area contributed by atoms with E-state index in [0.29, 0.717) is 119 Å². The van der Waals surface area contributed by atoms with Crippen molar-refractivity contribution in [3.8, 4) is 17.1 Å². The van der Waals surface area contributed by atoms with Gasteiger partial charge in [-0.15, -0.1) is 16.9 Å². The summed E-state index contributed by atoms with van der Waals surface area (Å²) >= 11 is 1.32. The number of rotatable bonds is 42. The minimum absolute atomic E-state index is 0.0249. The highest BCUT2D eigenvalue weighted by molar-refractivity contribution is 7.99. The number of carboxylic acid groups (broad SMARTS) is 1. The molecule has 720 valence electrons. The van der Waals surface area contributed by atoms with E-state index in [4.69, 9.17) is 40.1 Å². The van der Waals surface area contributed by atoms with Gasteiger partial charge in [0, 0.05) is 99.8 Å². The molecule has 0 radical (unpaired) electrons. The van der Waals surface area contributed by atoms with Gasteiger partial charge >= 0.3 is 17.9 Å². The number of esters is 2. The Bertz CT molecular complexity index is 4800. The number of aliphatic hydroxyl groups is 3. The summed E-state index contributed by atoms with van der Waals surface area (Å²) < 4.78 is 31.1. The molecule has 131 heavy (non-hydrogen) atoms. The van der Waals surface area contributed by atoms with Gasteiger partial charge in [-0.05, 0) is 148 Å². The maximum absolute atomic E-state index is 14.4. The van der Waals surface area contributed by atoms with Gasteiger partial charge in [0.1, 0.15) is 66.7 Å². The average molecular weight is 1860 g/mol. The van der Waals surface area contributed by atoms with Crippen LogP contribution in [0, 0.1) is 0 Å². The second-order valence-corrected chi connectivity index (χ2v) is 33.6. The molecule has 0 saturated carbocycles. The molecule has 4 aliphatic heterocycles. The highest BCUT2D eigenvalue weighted by Crippen LogP contribution is 2.41. The number of amides is 13. The first-order valence-electron chi connectivity index (χ1n) is 44.2. The SMILES string of the molecule is CCc1c2c(nc3ccc(OC(=O)CCCCn4cc(CCCC(=O)NCCCOCCOCCOCCSCNC(=O)CCC(=O)NC5CNC(=O)CC(C(N)=O)NC(=O)C(CC(C)O)NC(=O)C(C)NC(=O)C(C(C)O)NC(=O)C(CCC(=O)O)NC(=O)C6CCCN6C(=O)C(C)NC(=O)C(CCCCN)NC5=O)nn4)cc13)-c1cc3c(c(=O)n1C2)COC(=O)[C@]3(O)CC. The van der Waals surface area contributed by atoms with Crippen molar-refractivity contribution in [3.05, 3.63) is 68.8 Å². The predicted molar refractivity (Wildman–Crippen MR) is 467 cm³/mol. The van der Waals surface area contributed by atoms with Crippen LogP contribution in [0.15, 0.2) is 35.3 Å². The number of cyclic esters (lactones) is 1. The number of aliphatic hydroxyl groups excluding tert-OH is 2. The number of hydrogen-bond donors (Lipinski definition) is 17. The minimum Gasteiger partial charge on any atom is -0.481 e. The number of nitrogens with two attached hydrogens (primary N) is 2. The van der Waals surface area contributed by atoms with Crippen LogP contribution >= 0.6 is 11.8 Å². The quantitative estimate of drug-likeness (QED) is 0.00781. The summed E-state index contributed by atoms with van der Waals surface area (Å²) in [6.07, 6.45) is -0.0447. The summed E-state index contributed by atoms with van der Waals surface area (Å²) in [6, 6.07) is -7.62. The van der Waals surface area contributed by atoms with Gasteiger partial charge in [0.05, 0.1) is 92.2 Å². The molecule has 3 aromatic heterocycles. The number of carbonyl (C=O) groups excluding carboxylic acids is 15. The molecule has 11 unspecified atom stereocenters. The molecular weight excluding hydrogens is 1740 g/mol. The molecule has 4 aromatic rings. The van der Waals surface area contributed by atoms with Crippen LogP contribution in [0.1, 0.15) is 185 Å². The van der Waals surface area contributed by atoms with Gasteiger partial charge in [0.2, 0.25) is 76.8 Å². The van der Waals surface area contributed by atoms with E-state index < -0.39 is 200 Å². The number of ether oxygens (including phenoxy) is 5.